The van der Waals surface area contributed by atoms with Crippen LogP contribution in [0.2, 0.25) is 0 Å². The first kappa shape index (κ1) is 16.6. The lowest BCUT2D eigenvalue weighted by atomic mass is 9.66. The van der Waals surface area contributed by atoms with E-state index in [4.69, 9.17) is 0 Å². The Morgan fingerprint density at radius 3 is 2.20 bits per heavy atom. The highest BCUT2D eigenvalue weighted by Crippen LogP contribution is 2.43. The molecule has 0 amide bonds. The van der Waals surface area contributed by atoms with Crippen molar-refractivity contribution in [2.24, 2.45) is 17.8 Å². The largest absolute Gasteiger partial charge is 0.294 e. The van der Waals surface area contributed by atoms with Crippen molar-refractivity contribution in [3.63, 3.8) is 0 Å². The second-order valence-electron chi connectivity index (χ2n) is 8.05. The summed E-state index contributed by atoms with van der Waals surface area (Å²) in [7, 11) is 0. The number of carbonyl (C=O) groups excluding carboxylic acids is 1. The maximum absolute atomic E-state index is 12.7. The number of hydrogen-bond acceptors (Lipinski definition) is 1. The molecule has 0 bridgehead atoms. The molecule has 25 heavy (non-hydrogen) atoms. The van der Waals surface area contributed by atoms with Crippen LogP contribution in [0.1, 0.15) is 61.7 Å². The lowest BCUT2D eigenvalue weighted by Gasteiger charge is -2.39. The molecule has 2 aliphatic rings. The minimum atomic E-state index is 0.332. The quantitative estimate of drug-likeness (QED) is 0.581. The van der Waals surface area contributed by atoms with Gasteiger partial charge in [0.15, 0.2) is 5.78 Å². The van der Waals surface area contributed by atoms with Crippen LogP contribution in [0.3, 0.4) is 0 Å². The molecule has 4 rings (SSSR count). The molecule has 0 radical (unpaired) electrons. The molecule has 1 heteroatoms. The lowest BCUT2D eigenvalue weighted by Crippen LogP contribution is -2.28. The molecular weight excluding hydrogens is 304 g/mol. The molecule has 2 fully saturated rings. The van der Waals surface area contributed by atoms with Gasteiger partial charge in [0, 0.05) is 12.0 Å². The van der Waals surface area contributed by atoms with Gasteiger partial charge in [0.25, 0.3) is 0 Å². The van der Waals surface area contributed by atoms with Crippen molar-refractivity contribution in [2.75, 3.05) is 0 Å². The Morgan fingerprint density at radius 1 is 0.760 bits per heavy atom. The van der Waals surface area contributed by atoms with Crippen molar-refractivity contribution in [1.29, 1.82) is 0 Å². The van der Waals surface area contributed by atoms with Gasteiger partial charge in [-0.2, -0.15) is 0 Å². The third kappa shape index (κ3) is 3.86. The molecule has 130 valence electrons. The number of ketones is 1. The van der Waals surface area contributed by atoms with Crippen LogP contribution in [0.25, 0.3) is 11.1 Å². The van der Waals surface area contributed by atoms with E-state index in [1.807, 2.05) is 18.2 Å². The first-order chi connectivity index (χ1) is 12.3. The molecule has 2 saturated carbocycles. The zero-order chi connectivity index (χ0) is 17.1. The standard InChI is InChI=1S/C24H28O/c25-24(17-18-10-11-20-8-4-5-9-23(20)16-18)22-14-12-21(13-15-22)19-6-2-1-3-7-19/h1-3,6-7,12-15,18,20,23H,4-5,8-11,16-17H2/t18-,20-,23+/m0/s1. The van der Waals surface area contributed by atoms with Gasteiger partial charge in [-0.3, -0.25) is 4.79 Å². The van der Waals surface area contributed by atoms with Crippen molar-refractivity contribution < 1.29 is 4.79 Å². The van der Waals surface area contributed by atoms with Gasteiger partial charge in [0.1, 0.15) is 0 Å². The van der Waals surface area contributed by atoms with E-state index >= 15 is 0 Å². The van der Waals surface area contributed by atoms with Crippen molar-refractivity contribution in [3.05, 3.63) is 60.2 Å². The van der Waals surface area contributed by atoms with Crippen LogP contribution in [-0.4, -0.2) is 5.78 Å². The van der Waals surface area contributed by atoms with Crippen LogP contribution < -0.4 is 0 Å². The van der Waals surface area contributed by atoms with E-state index in [1.54, 1.807) is 0 Å². The number of benzene rings is 2. The van der Waals surface area contributed by atoms with E-state index in [0.717, 1.165) is 23.8 Å². The summed E-state index contributed by atoms with van der Waals surface area (Å²) in [6.07, 6.45) is 10.3. The Hall–Kier alpha value is -1.89. The Balaban J connectivity index is 1.38. The minimum absolute atomic E-state index is 0.332. The van der Waals surface area contributed by atoms with Crippen molar-refractivity contribution >= 4 is 5.78 Å². The molecular formula is C24H28O. The zero-order valence-corrected chi connectivity index (χ0v) is 15.0. The van der Waals surface area contributed by atoms with E-state index in [2.05, 4.69) is 36.4 Å². The summed E-state index contributed by atoms with van der Waals surface area (Å²) < 4.78 is 0. The molecule has 3 atom stereocenters. The van der Waals surface area contributed by atoms with Gasteiger partial charge in [-0.15, -0.1) is 0 Å². The number of carbonyl (C=O) groups is 1. The van der Waals surface area contributed by atoms with Gasteiger partial charge < -0.3 is 0 Å². The fourth-order valence-electron chi connectivity index (χ4n) is 5.02. The van der Waals surface area contributed by atoms with E-state index in [1.165, 1.54) is 56.1 Å². The van der Waals surface area contributed by atoms with Crippen LogP contribution in [-0.2, 0) is 0 Å². The van der Waals surface area contributed by atoms with Gasteiger partial charge >= 0.3 is 0 Å². The smallest absolute Gasteiger partial charge is 0.163 e. The van der Waals surface area contributed by atoms with Crippen LogP contribution in [0.5, 0.6) is 0 Å². The zero-order valence-electron chi connectivity index (χ0n) is 15.0. The van der Waals surface area contributed by atoms with Crippen LogP contribution in [0.4, 0.5) is 0 Å². The predicted molar refractivity (Wildman–Crippen MR) is 104 cm³/mol. The molecule has 0 aromatic heterocycles. The Bertz CT molecular complexity index is 701. The maximum Gasteiger partial charge on any atom is 0.163 e. The molecule has 2 aromatic carbocycles. The molecule has 0 spiro atoms. The second-order valence-corrected chi connectivity index (χ2v) is 8.05. The van der Waals surface area contributed by atoms with Gasteiger partial charge in [0.2, 0.25) is 0 Å². The summed E-state index contributed by atoms with van der Waals surface area (Å²) in [5.74, 6) is 2.81. The van der Waals surface area contributed by atoms with E-state index in [-0.39, 0.29) is 0 Å². The Kier molecular flexibility index (Phi) is 5.01. The summed E-state index contributed by atoms with van der Waals surface area (Å²) in [5, 5.41) is 0. The molecule has 0 saturated heterocycles. The first-order valence-electron chi connectivity index (χ1n) is 9.98. The average Bonchev–Trinajstić information content (AvgIpc) is 2.69. The highest BCUT2D eigenvalue weighted by molar-refractivity contribution is 5.96. The van der Waals surface area contributed by atoms with Crippen LogP contribution in [0.15, 0.2) is 54.6 Å². The molecule has 1 nitrogen and oxygen atoms in total. The van der Waals surface area contributed by atoms with Crippen LogP contribution in [0, 0.1) is 17.8 Å². The summed E-state index contributed by atoms with van der Waals surface area (Å²) in [6.45, 7) is 0. The van der Waals surface area contributed by atoms with Crippen molar-refractivity contribution in [3.8, 4) is 11.1 Å². The summed E-state index contributed by atoms with van der Waals surface area (Å²) in [4.78, 5) is 12.7. The summed E-state index contributed by atoms with van der Waals surface area (Å²) in [5.41, 5.74) is 3.27. The average molecular weight is 332 g/mol. The number of rotatable bonds is 4. The van der Waals surface area contributed by atoms with E-state index < -0.39 is 0 Å². The number of Topliss-reactive ketones (excluding diaryl/α,β-unsaturated/α-hetero) is 1. The monoisotopic (exact) mass is 332 g/mol. The Labute approximate surface area is 151 Å². The van der Waals surface area contributed by atoms with Crippen molar-refractivity contribution in [2.45, 2.75) is 51.4 Å². The SMILES string of the molecule is O=C(C[C@H]1CC[C@@H]2CCCC[C@@H]2C1)c1ccc(-c2ccccc2)cc1. The van der Waals surface area contributed by atoms with E-state index in [0.29, 0.717) is 11.7 Å². The van der Waals surface area contributed by atoms with Gasteiger partial charge in [-0.1, -0.05) is 80.3 Å². The summed E-state index contributed by atoms with van der Waals surface area (Å²) >= 11 is 0. The third-order valence-electron chi connectivity index (χ3n) is 6.44. The first-order valence-corrected chi connectivity index (χ1v) is 9.98. The minimum Gasteiger partial charge on any atom is -0.294 e. The second kappa shape index (κ2) is 7.56. The fraction of sp³-hybridized carbons (Fsp3) is 0.458. The topological polar surface area (TPSA) is 17.1 Å². The summed E-state index contributed by atoms with van der Waals surface area (Å²) in [6, 6.07) is 18.5. The van der Waals surface area contributed by atoms with Gasteiger partial charge in [-0.25, -0.2) is 0 Å². The highest BCUT2D eigenvalue weighted by Gasteiger charge is 2.32. The van der Waals surface area contributed by atoms with Gasteiger partial charge in [-0.05, 0) is 48.1 Å². The lowest BCUT2D eigenvalue weighted by molar-refractivity contribution is 0.0877. The predicted octanol–water partition coefficient (Wildman–Crippen LogP) is 6.53. The van der Waals surface area contributed by atoms with Gasteiger partial charge in [0.05, 0.1) is 0 Å². The van der Waals surface area contributed by atoms with Crippen LogP contribution >= 0.6 is 0 Å². The molecule has 0 unspecified atom stereocenters. The molecule has 0 aliphatic heterocycles. The van der Waals surface area contributed by atoms with Crippen molar-refractivity contribution in [1.82, 2.24) is 0 Å². The van der Waals surface area contributed by atoms with E-state index in [9.17, 15) is 4.79 Å². The fourth-order valence-corrected chi connectivity index (χ4v) is 5.02. The molecule has 2 aromatic rings. The molecule has 2 aliphatic carbocycles. The normalized spacial score (nSPS) is 26.0. The number of fused-ring (bicyclic) bond motifs is 1. The molecule has 0 heterocycles. The highest BCUT2D eigenvalue weighted by atomic mass is 16.1. The Morgan fingerprint density at radius 2 is 1.44 bits per heavy atom. The maximum atomic E-state index is 12.7. The molecule has 0 N–H and O–H groups in total. The number of hydrogen-bond donors (Lipinski definition) is 0. The third-order valence-corrected chi connectivity index (χ3v) is 6.44.